The zero-order valence-corrected chi connectivity index (χ0v) is 20.9. The van der Waals surface area contributed by atoms with E-state index in [1.54, 1.807) is 48.2 Å². The number of benzene rings is 3. The van der Waals surface area contributed by atoms with Gasteiger partial charge in [-0.1, -0.05) is 60.5 Å². The summed E-state index contributed by atoms with van der Waals surface area (Å²) in [5.41, 5.74) is 3.58. The molecular formula is C26H30N2O3S2. The molecule has 0 aliphatic heterocycles. The maximum absolute atomic E-state index is 13.5. The minimum absolute atomic E-state index is 0.168. The molecule has 0 saturated carbocycles. The summed E-state index contributed by atoms with van der Waals surface area (Å²) in [6.45, 7) is 6.09. The largest absolute Gasteiger partial charge is 0.354 e. The van der Waals surface area contributed by atoms with Crippen molar-refractivity contribution < 1.29 is 13.2 Å². The first kappa shape index (κ1) is 24.9. The predicted octanol–water partition coefficient (Wildman–Crippen LogP) is 4.97. The van der Waals surface area contributed by atoms with E-state index in [1.807, 2.05) is 32.9 Å². The van der Waals surface area contributed by atoms with Crippen molar-refractivity contribution in [2.75, 3.05) is 23.1 Å². The Hall–Kier alpha value is -2.77. The smallest absolute Gasteiger partial charge is 0.264 e. The number of hydrogen-bond acceptors (Lipinski definition) is 4. The fourth-order valence-corrected chi connectivity index (χ4v) is 5.60. The second kappa shape index (κ2) is 11.4. The first-order chi connectivity index (χ1) is 15.8. The van der Waals surface area contributed by atoms with Crippen LogP contribution in [0, 0.1) is 13.8 Å². The van der Waals surface area contributed by atoms with Crippen LogP contribution in [0.1, 0.15) is 23.6 Å². The van der Waals surface area contributed by atoms with Gasteiger partial charge in [0.2, 0.25) is 5.91 Å². The molecule has 0 atom stereocenters. The zero-order chi connectivity index (χ0) is 23.8. The Bertz CT molecular complexity index is 1170. The van der Waals surface area contributed by atoms with Crippen molar-refractivity contribution in [2.45, 2.75) is 37.0 Å². The lowest BCUT2D eigenvalue weighted by molar-refractivity contribution is -0.119. The molecule has 0 radical (unpaired) electrons. The van der Waals surface area contributed by atoms with Crippen LogP contribution in [-0.2, 0) is 21.2 Å². The summed E-state index contributed by atoms with van der Waals surface area (Å²) >= 11 is 1.65. The number of nitrogens with one attached hydrogen (secondary N) is 1. The van der Waals surface area contributed by atoms with Gasteiger partial charge in [0, 0.05) is 17.2 Å². The fraction of sp³-hybridized carbons (Fsp3) is 0.269. The van der Waals surface area contributed by atoms with Crippen LogP contribution in [-0.4, -0.2) is 33.2 Å². The molecule has 0 spiro atoms. The first-order valence-corrected chi connectivity index (χ1v) is 13.4. The Labute approximate surface area is 201 Å². The molecule has 3 aromatic carbocycles. The van der Waals surface area contributed by atoms with Gasteiger partial charge in [-0.15, -0.1) is 11.8 Å². The van der Waals surface area contributed by atoms with Crippen LogP contribution < -0.4 is 9.62 Å². The van der Waals surface area contributed by atoms with Crippen LogP contribution in [0.5, 0.6) is 0 Å². The van der Waals surface area contributed by atoms with E-state index in [0.29, 0.717) is 24.4 Å². The molecule has 1 amide bonds. The minimum Gasteiger partial charge on any atom is -0.354 e. The van der Waals surface area contributed by atoms with E-state index in [4.69, 9.17) is 0 Å². The van der Waals surface area contributed by atoms with Gasteiger partial charge in [0.15, 0.2) is 0 Å². The van der Waals surface area contributed by atoms with E-state index in [9.17, 15) is 13.2 Å². The maximum atomic E-state index is 13.5. The molecule has 33 heavy (non-hydrogen) atoms. The second-order valence-corrected chi connectivity index (χ2v) is 10.8. The lowest BCUT2D eigenvalue weighted by Crippen LogP contribution is -2.41. The number of hydrogen-bond donors (Lipinski definition) is 1. The molecule has 0 heterocycles. The molecule has 5 nitrogen and oxygen atoms in total. The third-order valence-corrected chi connectivity index (χ3v) is 8.04. The number of anilines is 1. The van der Waals surface area contributed by atoms with Gasteiger partial charge in [0.25, 0.3) is 10.0 Å². The zero-order valence-electron chi connectivity index (χ0n) is 19.2. The SMILES string of the molecule is CCc1ccccc1N(CC(=O)NCCSc1ccc(C)cc1)S(=O)(=O)c1ccc(C)cc1. The first-order valence-electron chi connectivity index (χ1n) is 10.9. The summed E-state index contributed by atoms with van der Waals surface area (Å²) in [4.78, 5) is 14.1. The van der Waals surface area contributed by atoms with Gasteiger partial charge in [-0.2, -0.15) is 0 Å². The van der Waals surface area contributed by atoms with Crippen LogP contribution in [0.15, 0.2) is 82.6 Å². The number of carbonyl (C=O) groups excluding carboxylic acids is 1. The molecule has 7 heteroatoms. The molecule has 0 aliphatic rings. The molecule has 0 aliphatic carbocycles. The highest BCUT2D eigenvalue weighted by Gasteiger charge is 2.28. The number of rotatable bonds is 10. The van der Waals surface area contributed by atoms with E-state index in [2.05, 4.69) is 29.6 Å². The van der Waals surface area contributed by atoms with Crippen molar-refractivity contribution in [1.29, 1.82) is 0 Å². The monoisotopic (exact) mass is 482 g/mol. The summed E-state index contributed by atoms with van der Waals surface area (Å²) < 4.78 is 28.3. The summed E-state index contributed by atoms with van der Waals surface area (Å²) in [5, 5.41) is 2.87. The summed E-state index contributed by atoms with van der Waals surface area (Å²) in [7, 11) is -3.91. The van der Waals surface area contributed by atoms with Crippen molar-refractivity contribution in [3.8, 4) is 0 Å². The fourth-order valence-electron chi connectivity index (χ4n) is 3.37. The van der Waals surface area contributed by atoms with Gasteiger partial charge in [-0.25, -0.2) is 8.42 Å². The third-order valence-electron chi connectivity index (χ3n) is 5.25. The van der Waals surface area contributed by atoms with Gasteiger partial charge < -0.3 is 5.32 Å². The van der Waals surface area contributed by atoms with E-state index in [1.165, 1.54) is 9.87 Å². The van der Waals surface area contributed by atoms with Crippen LogP contribution in [0.4, 0.5) is 5.69 Å². The van der Waals surface area contributed by atoms with E-state index in [0.717, 1.165) is 16.0 Å². The number of amides is 1. The Morgan fingerprint density at radius 2 is 1.52 bits per heavy atom. The van der Waals surface area contributed by atoms with Gasteiger partial charge in [0.1, 0.15) is 6.54 Å². The quantitative estimate of drug-likeness (QED) is 0.327. The Kier molecular flexibility index (Phi) is 8.58. The Morgan fingerprint density at radius 1 is 0.909 bits per heavy atom. The van der Waals surface area contributed by atoms with Gasteiger partial charge in [0.05, 0.1) is 10.6 Å². The normalized spacial score (nSPS) is 11.2. The van der Waals surface area contributed by atoms with Gasteiger partial charge in [-0.05, 0) is 56.2 Å². The van der Waals surface area contributed by atoms with Crippen LogP contribution in [0.3, 0.4) is 0 Å². The van der Waals surface area contributed by atoms with E-state index in [-0.39, 0.29) is 17.3 Å². The maximum Gasteiger partial charge on any atom is 0.264 e. The van der Waals surface area contributed by atoms with Crippen molar-refractivity contribution in [3.05, 3.63) is 89.5 Å². The summed E-state index contributed by atoms with van der Waals surface area (Å²) in [6.07, 6.45) is 0.658. The third kappa shape index (κ3) is 6.62. The molecule has 3 rings (SSSR count). The van der Waals surface area contributed by atoms with E-state index >= 15 is 0 Å². The number of sulfonamides is 1. The highest BCUT2D eigenvalue weighted by Crippen LogP contribution is 2.27. The standard InChI is InChI=1S/C26H30N2O3S2/c1-4-22-7-5-6-8-25(22)28(33(30,31)24-15-11-21(3)12-16-24)19-26(29)27-17-18-32-23-13-9-20(2)10-14-23/h5-16H,4,17-19H2,1-3H3,(H,27,29). The highest BCUT2D eigenvalue weighted by molar-refractivity contribution is 7.99. The van der Waals surface area contributed by atoms with Crippen LogP contribution in [0.25, 0.3) is 0 Å². The average Bonchev–Trinajstić information content (AvgIpc) is 2.81. The molecule has 0 fully saturated rings. The topological polar surface area (TPSA) is 66.5 Å². The number of nitrogens with zero attached hydrogens (tertiary/aromatic N) is 1. The molecule has 0 bridgehead atoms. The van der Waals surface area contributed by atoms with Gasteiger partial charge >= 0.3 is 0 Å². The molecular weight excluding hydrogens is 452 g/mol. The molecule has 0 unspecified atom stereocenters. The lowest BCUT2D eigenvalue weighted by atomic mass is 10.1. The molecule has 3 aromatic rings. The average molecular weight is 483 g/mol. The predicted molar refractivity (Wildman–Crippen MR) is 136 cm³/mol. The molecule has 1 N–H and O–H groups in total. The Balaban J connectivity index is 1.74. The van der Waals surface area contributed by atoms with Crippen molar-refractivity contribution in [3.63, 3.8) is 0 Å². The molecule has 174 valence electrons. The molecule has 0 saturated heterocycles. The highest BCUT2D eigenvalue weighted by atomic mass is 32.2. The number of aryl methyl sites for hydroxylation is 3. The van der Waals surface area contributed by atoms with Crippen LogP contribution in [0.2, 0.25) is 0 Å². The summed E-state index contributed by atoms with van der Waals surface area (Å²) in [6, 6.07) is 22.2. The van der Waals surface area contributed by atoms with Crippen molar-refractivity contribution >= 4 is 33.4 Å². The molecule has 0 aromatic heterocycles. The van der Waals surface area contributed by atoms with Crippen molar-refractivity contribution in [2.24, 2.45) is 0 Å². The van der Waals surface area contributed by atoms with E-state index < -0.39 is 10.0 Å². The minimum atomic E-state index is -3.91. The lowest BCUT2D eigenvalue weighted by Gasteiger charge is -2.26. The number of carbonyl (C=O) groups is 1. The summed E-state index contributed by atoms with van der Waals surface area (Å²) in [5.74, 6) is 0.367. The Morgan fingerprint density at radius 3 is 2.15 bits per heavy atom. The van der Waals surface area contributed by atoms with Crippen molar-refractivity contribution in [1.82, 2.24) is 5.32 Å². The van der Waals surface area contributed by atoms with Gasteiger partial charge in [-0.3, -0.25) is 9.10 Å². The second-order valence-electron chi connectivity index (χ2n) is 7.82. The van der Waals surface area contributed by atoms with Crippen LogP contribution >= 0.6 is 11.8 Å². The number of thioether (sulfide) groups is 1. The number of para-hydroxylation sites is 1.